The number of sulfonamides is 1. The normalized spacial score (nSPS) is 20.9. The van der Waals surface area contributed by atoms with Gasteiger partial charge < -0.3 is 5.32 Å². The number of rotatable bonds is 6. The molecule has 2 heterocycles. The molecule has 9 heteroatoms. The molecule has 0 spiro atoms. The highest BCUT2D eigenvalue weighted by molar-refractivity contribution is 7.89. The number of nitrogens with one attached hydrogen (secondary N) is 1. The maximum absolute atomic E-state index is 13.0. The number of nitrogens with zero attached hydrogens (tertiary/aromatic N) is 3. The standard InChI is InChI=1S/C23H28N4O4S/c1-18-8-10-20(11-9-18)32(30,31)26-13-5-12-25(14-15-26)17-27-22(28)21(24-23(27)29)16-19-6-3-2-4-7-19/h2-4,6-11,21H,5,12-17H2,1H3,(H,24,29). The van der Waals surface area contributed by atoms with Gasteiger partial charge in [-0.3, -0.25) is 9.69 Å². The maximum Gasteiger partial charge on any atom is 0.325 e. The summed E-state index contributed by atoms with van der Waals surface area (Å²) in [6.45, 7) is 3.86. The Morgan fingerprint density at radius 3 is 2.38 bits per heavy atom. The monoisotopic (exact) mass is 456 g/mol. The number of urea groups is 1. The van der Waals surface area contributed by atoms with Gasteiger partial charge in [-0.15, -0.1) is 0 Å². The van der Waals surface area contributed by atoms with Gasteiger partial charge in [0.2, 0.25) is 10.0 Å². The van der Waals surface area contributed by atoms with E-state index in [9.17, 15) is 18.0 Å². The Balaban J connectivity index is 1.37. The molecule has 170 valence electrons. The van der Waals surface area contributed by atoms with Crippen LogP contribution in [0, 0.1) is 6.92 Å². The lowest BCUT2D eigenvalue weighted by Gasteiger charge is -2.25. The highest BCUT2D eigenvalue weighted by Gasteiger charge is 2.39. The van der Waals surface area contributed by atoms with Gasteiger partial charge in [-0.1, -0.05) is 48.0 Å². The molecule has 1 N–H and O–H groups in total. The smallest absolute Gasteiger partial charge is 0.325 e. The molecule has 2 aliphatic heterocycles. The van der Waals surface area contributed by atoms with Gasteiger partial charge in [-0.2, -0.15) is 4.31 Å². The lowest BCUT2D eigenvalue weighted by Crippen LogP contribution is -2.43. The van der Waals surface area contributed by atoms with Gasteiger partial charge >= 0.3 is 6.03 Å². The van der Waals surface area contributed by atoms with Crippen molar-refractivity contribution >= 4 is 22.0 Å². The number of aryl methyl sites for hydroxylation is 1. The predicted octanol–water partition coefficient (Wildman–Crippen LogP) is 1.81. The summed E-state index contributed by atoms with van der Waals surface area (Å²) in [5.41, 5.74) is 1.99. The lowest BCUT2D eigenvalue weighted by atomic mass is 10.1. The van der Waals surface area contributed by atoms with Crippen molar-refractivity contribution in [2.75, 3.05) is 32.8 Å². The SMILES string of the molecule is Cc1ccc(S(=O)(=O)N2CCCN(CN3C(=O)NC(Cc4ccccc4)C3=O)CC2)cc1. The third-order valence-corrected chi connectivity index (χ3v) is 7.85. The van der Waals surface area contributed by atoms with Gasteiger partial charge in [-0.05, 0) is 31.0 Å². The second kappa shape index (κ2) is 9.40. The highest BCUT2D eigenvalue weighted by atomic mass is 32.2. The first-order valence-corrected chi connectivity index (χ1v) is 12.2. The molecular formula is C23H28N4O4S. The van der Waals surface area contributed by atoms with E-state index < -0.39 is 22.1 Å². The van der Waals surface area contributed by atoms with Gasteiger partial charge in [0.25, 0.3) is 5.91 Å². The van der Waals surface area contributed by atoms with Crippen LogP contribution in [0.5, 0.6) is 0 Å². The molecule has 2 saturated heterocycles. The molecule has 8 nitrogen and oxygen atoms in total. The molecule has 4 rings (SSSR count). The quantitative estimate of drug-likeness (QED) is 0.670. The maximum atomic E-state index is 13.0. The Hall–Kier alpha value is -2.75. The molecule has 0 aromatic heterocycles. The first-order valence-electron chi connectivity index (χ1n) is 10.8. The van der Waals surface area contributed by atoms with E-state index in [1.807, 2.05) is 42.2 Å². The zero-order chi connectivity index (χ0) is 22.7. The van der Waals surface area contributed by atoms with E-state index in [1.165, 1.54) is 9.21 Å². The van der Waals surface area contributed by atoms with E-state index in [1.54, 1.807) is 24.3 Å². The minimum atomic E-state index is -3.57. The lowest BCUT2D eigenvalue weighted by molar-refractivity contribution is -0.128. The average molecular weight is 457 g/mol. The number of imide groups is 1. The van der Waals surface area contributed by atoms with Crippen LogP contribution in [-0.2, 0) is 21.2 Å². The molecule has 0 aliphatic carbocycles. The minimum absolute atomic E-state index is 0.161. The molecule has 0 saturated carbocycles. The fourth-order valence-corrected chi connectivity index (χ4v) is 5.56. The van der Waals surface area contributed by atoms with Gasteiger partial charge in [0, 0.05) is 32.6 Å². The molecule has 2 aromatic carbocycles. The summed E-state index contributed by atoms with van der Waals surface area (Å²) in [5.74, 6) is -0.243. The molecule has 2 fully saturated rings. The molecular weight excluding hydrogens is 428 g/mol. The summed E-state index contributed by atoms with van der Waals surface area (Å²) >= 11 is 0. The summed E-state index contributed by atoms with van der Waals surface area (Å²) in [6.07, 6.45) is 1.08. The molecule has 0 radical (unpaired) electrons. The van der Waals surface area contributed by atoms with E-state index in [0.29, 0.717) is 39.0 Å². The number of hydrogen-bond acceptors (Lipinski definition) is 5. The summed E-state index contributed by atoms with van der Waals surface area (Å²) in [6, 6.07) is 15.5. The van der Waals surface area contributed by atoms with Crippen molar-refractivity contribution in [3.63, 3.8) is 0 Å². The van der Waals surface area contributed by atoms with Crippen molar-refractivity contribution in [1.29, 1.82) is 0 Å². The average Bonchev–Trinajstić information content (AvgIpc) is 2.94. The Morgan fingerprint density at radius 2 is 1.66 bits per heavy atom. The van der Waals surface area contributed by atoms with Gasteiger partial charge in [-0.25, -0.2) is 18.1 Å². The van der Waals surface area contributed by atoms with Gasteiger partial charge in [0.05, 0.1) is 11.6 Å². The van der Waals surface area contributed by atoms with Crippen LogP contribution < -0.4 is 5.32 Å². The molecule has 2 aliphatic rings. The Morgan fingerprint density at radius 1 is 0.938 bits per heavy atom. The minimum Gasteiger partial charge on any atom is -0.325 e. The topological polar surface area (TPSA) is 90.0 Å². The van der Waals surface area contributed by atoms with Crippen molar-refractivity contribution in [3.05, 3.63) is 65.7 Å². The van der Waals surface area contributed by atoms with Crippen LogP contribution in [0.1, 0.15) is 17.5 Å². The van der Waals surface area contributed by atoms with E-state index in [4.69, 9.17) is 0 Å². The summed E-state index contributed by atoms with van der Waals surface area (Å²) in [5, 5.41) is 2.77. The van der Waals surface area contributed by atoms with E-state index in [0.717, 1.165) is 11.1 Å². The van der Waals surface area contributed by atoms with Gasteiger partial charge in [0.1, 0.15) is 6.04 Å². The highest BCUT2D eigenvalue weighted by Crippen LogP contribution is 2.19. The van der Waals surface area contributed by atoms with Gasteiger partial charge in [0.15, 0.2) is 0 Å². The third-order valence-electron chi connectivity index (χ3n) is 5.94. The predicted molar refractivity (Wildman–Crippen MR) is 120 cm³/mol. The van der Waals surface area contributed by atoms with Crippen LogP contribution in [-0.4, -0.2) is 73.4 Å². The molecule has 0 bridgehead atoms. The van der Waals surface area contributed by atoms with E-state index in [-0.39, 0.29) is 17.5 Å². The van der Waals surface area contributed by atoms with Crippen LogP contribution in [0.2, 0.25) is 0 Å². The first-order chi connectivity index (χ1) is 15.3. The van der Waals surface area contributed by atoms with Crippen LogP contribution in [0.4, 0.5) is 4.79 Å². The molecule has 32 heavy (non-hydrogen) atoms. The molecule has 1 atom stereocenters. The van der Waals surface area contributed by atoms with Crippen LogP contribution >= 0.6 is 0 Å². The molecule has 3 amide bonds. The summed E-state index contributed by atoms with van der Waals surface area (Å²) in [7, 11) is -3.57. The van der Waals surface area contributed by atoms with Crippen LogP contribution in [0.25, 0.3) is 0 Å². The Bertz CT molecular complexity index is 1070. The van der Waals surface area contributed by atoms with Crippen molar-refractivity contribution in [2.24, 2.45) is 0 Å². The second-order valence-electron chi connectivity index (χ2n) is 8.29. The zero-order valence-corrected chi connectivity index (χ0v) is 18.9. The summed E-state index contributed by atoms with van der Waals surface area (Å²) in [4.78, 5) is 28.8. The van der Waals surface area contributed by atoms with Crippen molar-refractivity contribution in [2.45, 2.75) is 30.7 Å². The number of hydrogen-bond donors (Lipinski definition) is 1. The Labute approximate surface area is 188 Å². The third kappa shape index (κ3) is 4.85. The van der Waals surface area contributed by atoms with E-state index >= 15 is 0 Å². The molecule has 1 unspecified atom stereocenters. The van der Waals surface area contributed by atoms with Crippen molar-refractivity contribution in [3.8, 4) is 0 Å². The fraction of sp³-hybridized carbons (Fsp3) is 0.391. The first kappa shape index (κ1) is 22.4. The number of carbonyl (C=O) groups excluding carboxylic acids is 2. The number of amides is 3. The zero-order valence-electron chi connectivity index (χ0n) is 18.1. The second-order valence-corrected chi connectivity index (χ2v) is 10.2. The van der Waals surface area contributed by atoms with Crippen molar-refractivity contribution in [1.82, 2.24) is 19.4 Å². The molecule has 2 aromatic rings. The fourth-order valence-electron chi connectivity index (χ4n) is 4.09. The number of benzene rings is 2. The van der Waals surface area contributed by atoms with Crippen LogP contribution in [0.3, 0.4) is 0 Å². The largest absolute Gasteiger partial charge is 0.325 e. The van der Waals surface area contributed by atoms with E-state index in [2.05, 4.69) is 5.32 Å². The van der Waals surface area contributed by atoms with Crippen molar-refractivity contribution < 1.29 is 18.0 Å². The van der Waals surface area contributed by atoms with Crippen LogP contribution in [0.15, 0.2) is 59.5 Å². The Kier molecular flexibility index (Phi) is 6.59. The summed E-state index contributed by atoms with van der Waals surface area (Å²) < 4.78 is 27.5. The number of carbonyl (C=O) groups is 2.